The summed E-state index contributed by atoms with van der Waals surface area (Å²) in [7, 11) is 0. The molecule has 2 aliphatic rings. The van der Waals surface area contributed by atoms with Gasteiger partial charge in [0.25, 0.3) is 0 Å². The second-order valence-corrected chi connectivity index (χ2v) is 4.79. The highest BCUT2D eigenvalue weighted by molar-refractivity contribution is 5.10. The summed E-state index contributed by atoms with van der Waals surface area (Å²) in [6, 6.07) is 0. The van der Waals surface area contributed by atoms with E-state index in [0.717, 1.165) is 23.7 Å². The summed E-state index contributed by atoms with van der Waals surface area (Å²) in [5.74, 6) is 3.91. The molecule has 0 N–H and O–H groups in total. The molecule has 4 unspecified atom stereocenters. The van der Waals surface area contributed by atoms with Crippen molar-refractivity contribution in [2.75, 3.05) is 0 Å². The predicted octanol–water partition coefficient (Wildman–Crippen LogP) is 3.63. The van der Waals surface area contributed by atoms with E-state index in [2.05, 4.69) is 26.0 Å². The Morgan fingerprint density at radius 2 is 2.17 bits per heavy atom. The van der Waals surface area contributed by atoms with E-state index in [1.807, 2.05) is 0 Å². The highest BCUT2D eigenvalue weighted by atomic mass is 14.4. The number of hydrogen-bond donors (Lipinski definition) is 0. The molecule has 2 bridgehead atoms. The van der Waals surface area contributed by atoms with Crippen molar-refractivity contribution in [2.24, 2.45) is 23.7 Å². The quantitative estimate of drug-likeness (QED) is 0.559. The summed E-state index contributed by atoms with van der Waals surface area (Å²) < 4.78 is 0. The molecule has 1 saturated carbocycles. The van der Waals surface area contributed by atoms with Crippen molar-refractivity contribution in [1.29, 1.82) is 0 Å². The molecule has 0 heteroatoms. The Hall–Kier alpha value is -0.260. The molecule has 2 aliphatic carbocycles. The van der Waals surface area contributed by atoms with Gasteiger partial charge in [0.05, 0.1) is 0 Å². The van der Waals surface area contributed by atoms with Crippen LogP contribution in [-0.2, 0) is 0 Å². The van der Waals surface area contributed by atoms with Gasteiger partial charge in [-0.3, -0.25) is 0 Å². The summed E-state index contributed by atoms with van der Waals surface area (Å²) >= 11 is 0. The van der Waals surface area contributed by atoms with Gasteiger partial charge in [-0.25, -0.2) is 0 Å². The first-order chi connectivity index (χ1) is 5.79. The second kappa shape index (κ2) is 3.24. The number of rotatable bonds is 3. The molecular formula is C12H20. The molecule has 0 aromatic rings. The minimum Gasteiger partial charge on any atom is -0.0851 e. The average molecular weight is 164 g/mol. The third-order valence-electron chi connectivity index (χ3n) is 3.82. The van der Waals surface area contributed by atoms with Crippen LogP contribution in [0, 0.1) is 23.7 Å². The molecule has 0 spiro atoms. The normalized spacial score (nSPS) is 40.7. The minimum absolute atomic E-state index is 0.947. The molecular weight excluding hydrogens is 144 g/mol. The number of fused-ring (bicyclic) bond motifs is 2. The Morgan fingerprint density at radius 1 is 1.33 bits per heavy atom. The van der Waals surface area contributed by atoms with E-state index >= 15 is 0 Å². The molecule has 2 rings (SSSR count). The number of hydrogen-bond acceptors (Lipinski definition) is 0. The first-order valence-electron chi connectivity index (χ1n) is 5.48. The zero-order valence-corrected chi connectivity index (χ0v) is 8.29. The topological polar surface area (TPSA) is 0 Å². The van der Waals surface area contributed by atoms with Crippen molar-refractivity contribution < 1.29 is 0 Å². The molecule has 0 saturated heterocycles. The van der Waals surface area contributed by atoms with Crippen LogP contribution < -0.4 is 0 Å². The molecule has 4 atom stereocenters. The van der Waals surface area contributed by atoms with Crippen molar-refractivity contribution in [1.82, 2.24) is 0 Å². The summed E-state index contributed by atoms with van der Waals surface area (Å²) in [6.07, 6.45) is 10.7. The molecule has 0 nitrogen and oxygen atoms in total. The van der Waals surface area contributed by atoms with Crippen LogP contribution in [0.1, 0.15) is 39.5 Å². The van der Waals surface area contributed by atoms with Gasteiger partial charge in [-0.2, -0.15) is 0 Å². The van der Waals surface area contributed by atoms with Crippen molar-refractivity contribution in [2.45, 2.75) is 39.5 Å². The Kier molecular flexibility index (Phi) is 2.25. The van der Waals surface area contributed by atoms with Gasteiger partial charge in [0.15, 0.2) is 0 Å². The summed E-state index contributed by atoms with van der Waals surface area (Å²) in [5.41, 5.74) is 0. The summed E-state index contributed by atoms with van der Waals surface area (Å²) in [4.78, 5) is 0. The fourth-order valence-electron chi connectivity index (χ4n) is 2.85. The van der Waals surface area contributed by atoms with E-state index < -0.39 is 0 Å². The Balaban J connectivity index is 1.87. The van der Waals surface area contributed by atoms with Gasteiger partial charge in [0.2, 0.25) is 0 Å². The maximum Gasteiger partial charge on any atom is -0.0199 e. The zero-order valence-electron chi connectivity index (χ0n) is 8.29. The lowest BCUT2D eigenvalue weighted by Gasteiger charge is -2.21. The SMILES string of the molecule is CCC(C)CC1CC2C=CC1C2. The number of allylic oxidation sites excluding steroid dienone is 2. The standard InChI is InChI=1S/C12H20/c1-3-9(2)6-12-8-10-4-5-11(12)7-10/h4-5,9-12H,3,6-8H2,1-2H3. The van der Waals surface area contributed by atoms with E-state index in [0.29, 0.717) is 0 Å². The molecule has 1 fully saturated rings. The molecule has 0 aromatic heterocycles. The van der Waals surface area contributed by atoms with Crippen LogP contribution in [0.2, 0.25) is 0 Å². The van der Waals surface area contributed by atoms with Crippen LogP contribution >= 0.6 is 0 Å². The van der Waals surface area contributed by atoms with Crippen molar-refractivity contribution in [3.63, 3.8) is 0 Å². The van der Waals surface area contributed by atoms with Crippen LogP contribution in [-0.4, -0.2) is 0 Å². The maximum absolute atomic E-state index is 2.47. The fraction of sp³-hybridized carbons (Fsp3) is 0.833. The van der Waals surface area contributed by atoms with Crippen LogP contribution in [0.4, 0.5) is 0 Å². The average Bonchev–Trinajstić information content (AvgIpc) is 2.64. The molecule has 0 radical (unpaired) electrons. The minimum atomic E-state index is 0.947. The van der Waals surface area contributed by atoms with Crippen LogP contribution in [0.25, 0.3) is 0 Å². The lowest BCUT2D eigenvalue weighted by molar-refractivity contribution is 0.339. The van der Waals surface area contributed by atoms with E-state index in [1.165, 1.54) is 25.7 Å². The smallest absolute Gasteiger partial charge is 0.0199 e. The summed E-state index contributed by atoms with van der Waals surface area (Å²) in [5, 5.41) is 0. The van der Waals surface area contributed by atoms with Gasteiger partial charge in [-0.15, -0.1) is 0 Å². The monoisotopic (exact) mass is 164 g/mol. The van der Waals surface area contributed by atoms with E-state index in [9.17, 15) is 0 Å². The lowest BCUT2D eigenvalue weighted by Crippen LogP contribution is -2.10. The molecule has 0 aromatic carbocycles. The van der Waals surface area contributed by atoms with Crippen molar-refractivity contribution in [3.05, 3.63) is 12.2 Å². The Morgan fingerprint density at radius 3 is 2.67 bits per heavy atom. The maximum atomic E-state index is 2.47. The largest absolute Gasteiger partial charge is 0.0851 e. The molecule has 12 heavy (non-hydrogen) atoms. The van der Waals surface area contributed by atoms with Gasteiger partial charge >= 0.3 is 0 Å². The van der Waals surface area contributed by atoms with E-state index in [1.54, 1.807) is 0 Å². The van der Waals surface area contributed by atoms with Crippen molar-refractivity contribution >= 4 is 0 Å². The Labute approximate surface area is 76.1 Å². The summed E-state index contributed by atoms with van der Waals surface area (Å²) in [6.45, 7) is 4.71. The lowest BCUT2D eigenvalue weighted by atomic mass is 9.85. The zero-order chi connectivity index (χ0) is 8.55. The second-order valence-electron chi connectivity index (χ2n) is 4.79. The first kappa shape index (κ1) is 8.34. The van der Waals surface area contributed by atoms with Crippen molar-refractivity contribution in [3.8, 4) is 0 Å². The van der Waals surface area contributed by atoms with Gasteiger partial charge in [-0.1, -0.05) is 32.4 Å². The fourth-order valence-corrected chi connectivity index (χ4v) is 2.85. The van der Waals surface area contributed by atoms with Gasteiger partial charge in [0.1, 0.15) is 0 Å². The third kappa shape index (κ3) is 1.44. The molecule has 68 valence electrons. The highest BCUT2D eigenvalue weighted by Gasteiger charge is 2.35. The molecule has 0 aliphatic heterocycles. The van der Waals surface area contributed by atoms with Crippen LogP contribution in [0.15, 0.2) is 12.2 Å². The Bertz CT molecular complexity index is 180. The predicted molar refractivity (Wildman–Crippen MR) is 52.9 cm³/mol. The van der Waals surface area contributed by atoms with Gasteiger partial charge < -0.3 is 0 Å². The highest BCUT2D eigenvalue weighted by Crippen LogP contribution is 2.46. The van der Waals surface area contributed by atoms with Crippen LogP contribution in [0.3, 0.4) is 0 Å². The van der Waals surface area contributed by atoms with Gasteiger partial charge in [-0.05, 0) is 42.9 Å². The van der Waals surface area contributed by atoms with E-state index in [-0.39, 0.29) is 0 Å². The van der Waals surface area contributed by atoms with E-state index in [4.69, 9.17) is 0 Å². The van der Waals surface area contributed by atoms with Gasteiger partial charge in [0, 0.05) is 0 Å². The third-order valence-corrected chi connectivity index (χ3v) is 3.82. The first-order valence-corrected chi connectivity index (χ1v) is 5.48. The van der Waals surface area contributed by atoms with Crippen LogP contribution in [0.5, 0.6) is 0 Å². The molecule has 0 heterocycles. The molecule has 0 amide bonds.